The van der Waals surface area contributed by atoms with Crippen LogP contribution in [0.2, 0.25) is 5.02 Å². The van der Waals surface area contributed by atoms with Crippen LogP contribution in [0.5, 0.6) is 5.75 Å². The van der Waals surface area contributed by atoms with E-state index >= 15 is 0 Å². The third kappa shape index (κ3) is 3.53. The first-order valence-corrected chi connectivity index (χ1v) is 13.1. The highest BCUT2D eigenvalue weighted by Crippen LogP contribution is 2.48. The van der Waals surface area contributed by atoms with Gasteiger partial charge in [-0.25, -0.2) is 0 Å². The number of aromatic nitrogens is 2. The van der Waals surface area contributed by atoms with Crippen LogP contribution in [0, 0.1) is 0 Å². The number of nitrogens with zero attached hydrogens (tertiary/aromatic N) is 3. The maximum absolute atomic E-state index is 12.1. The molecule has 0 spiro atoms. The topological polar surface area (TPSA) is 97.6 Å². The normalized spacial score (nSPS) is 19.1. The average Bonchev–Trinajstić information content (AvgIpc) is 3.65. The molecule has 0 radical (unpaired) electrons. The molecule has 3 aromatic heterocycles. The molecule has 1 fully saturated rings. The Bertz CT molecular complexity index is 1550. The molecule has 1 atom stereocenters. The van der Waals surface area contributed by atoms with Crippen LogP contribution in [0.15, 0.2) is 35.0 Å². The van der Waals surface area contributed by atoms with Crippen LogP contribution in [-0.4, -0.2) is 33.4 Å². The summed E-state index contributed by atoms with van der Waals surface area (Å²) in [5.74, 6) is 1.31. The maximum Gasteiger partial charge on any atom is 0.230 e. The van der Waals surface area contributed by atoms with E-state index in [1.165, 1.54) is 16.2 Å². The number of thiophene rings is 1. The Hall–Kier alpha value is -3.27. The smallest absolute Gasteiger partial charge is 0.230 e. The highest BCUT2D eigenvalue weighted by Gasteiger charge is 2.35. The number of hydrogen-bond acceptors (Lipinski definition) is 8. The summed E-state index contributed by atoms with van der Waals surface area (Å²) in [6, 6.07) is 7.77. The van der Waals surface area contributed by atoms with Gasteiger partial charge in [-0.05, 0) is 24.3 Å². The quantitative estimate of drug-likeness (QED) is 0.393. The van der Waals surface area contributed by atoms with Crippen molar-refractivity contribution < 1.29 is 18.8 Å². The van der Waals surface area contributed by atoms with Gasteiger partial charge in [-0.15, -0.1) is 11.3 Å². The average molecular weight is 521 g/mol. The first kappa shape index (κ1) is 22.0. The summed E-state index contributed by atoms with van der Waals surface area (Å²) in [4.78, 5) is 31.0. The molecule has 0 saturated carbocycles. The van der Waals surface area contributed by atoms with Crippen molar-refractivity contribution in [3.05, 3.63) is 62.9 Å². The van der Waals surface area contributed by atoms with Crippen LogP contribution in [0.1, 0.15) is 46.4 Å². The van der Waals surface area contributed by atoms with Gasteiger partial charge >= 0.3 is 0 Å². The number of hydrogen-bond donors (Lipinski definition) is 1. The van der Waals surface area contributed by atoms with E-state index in [2.05, 4.69) is 15.5 Å². The second-order valence-electron chi connectivity index (χ2n) is 9.31. The maximum atomic E-state index is 12.1. The van der Waals surface area contributed by atoms with Gasteiger partial charge in [0.15, 0.2) is 11.9 Å². The van der Waals surface area contributed by atoms with Gasteiger partial charge in [-0.1, -0.05) is 16.8 Å². The monoisotopic (exact) mass is 520 g/mol. The van der Waals surface area contributed by atoms with Gasteiger partial charge < -0.3 is 14.6 Å². The highest BCUT2D eigenvalue weighted by molar-refractivity contribution is 7.19. The Labute approximate surface area is 215 Å². The first-order chi connectivity index (χ1) is 17.5. The number of fused-ring (bicyclic) bond motifs is 3. The molecule has 1 N–H and O–H groups in total. The number of likely N-dealkylation sites (tertiary alicyclic amines) is 1. The number of pyridine rings is 1. The number of nitrogens with one attached hydrogen (secondary N) is 1. The SMILES string of the molecule is O=C1CCC(=O)N1Cc1cc2nccc(-c3cc(Cl)cc4c3O[C@@H](c3onc5c3CNCC5)C4)c2s1. The van der Waals surface area contributed by atoms with Crippen LogP contribution in [0.3, 0.4) is 0 Å². The number of rotatable bonds is 4. The number of imide groups is 1. The fourth-order valence-corrected chi connectivity index (χ4v) is 6.69. The molecular formula is C26H21ClN4O4S. The van der Waals surface area contributed by atoms with E-state index in [-0.39, 0.29) is 37.3 Å². The predicted molar refractivity (Wildman–Crippen MR) is 134 cm³/mol. The van der Waals surface area contributed by atoms with Crippen molar-refractivity contribution in [2.24, 2.45) is 0 Å². The largest absolute Gasteiger partial charge is 0.481 e. The Morgan fingerprint density at radius 2 is 2.00 bits per heavy atom. The minimum Gasteiger partial charge on any atom is -0.481 e. The molecule has 4 aromatic rings. The lowest BCUT2D eigenvalue weighted by Crippen LogP contribution is -2.27. The van der Waals surface area contributed by atoms with E-state index in [4.69, 9.17) is 20.9 Å². The lowest BCUT2D eigenvalue weighted by atomic mass is 9.99. The highest BCUT2D eigenvalue weighted by atomic mass is 35.5. The Kier molecular flexibility index (Phi) is 5.13. The molecule has 36 heavy (non-hydrogen) atoms. The molecule has 10 heteroatoms. The van der Waals surface area contributed by atoms with E-state index in [1.807, 2.05) is 24.3 Å². The first-order valence-electron chi connectivity index (χ1n) is 11.9. The Balaban J connectivity index is 1.27. The molecule has 0 aliphatic carbocycles. The van der Waals surface area contributed by atoms with Gasteiger partial charge in [0.2, 0.25) is 11.8 Å². The molecular weight excluding hydrogens is 500 g/mol. The minimum atomic E-state index is -0.267. The second kappa shape index (κ2) is 8.40. The zero-order valence-corrected chi connectivity index (χ0v) is 20.7. The van der Waals surface area contributed by atoms with Crippen LogP contribution in [0.25, 0.3) is 21.3 Å². The number of benzene rings is 1. The van der Waals surface area contributed by atoms with Gasteiger partial charge in [0.1, 0.15) is 5.75 Å². The third-order valence-electron chi connectivity index (χ3n) is 7.05. The van der Waals surface area contributed by atoms with Crippen molar-refractivity contribution in [1.29, 1.82) is 0 Å². The summed E-state index contributed by atoms with van der Waals surface area (Å²) in [7, 11) is 0. The van der Waals surface area contributed by atoms with E-state index < -0.39 is 0 Å². The molecule has 6 heterocycles. The number of carbonyl (C=O) groups excluding carboxylic acids is 2. The Morgan fingerprint density at radius 3 is 2.86 bits per heavy atom. The molecule has 0 unspecified atom stereocenters. The molecule has 1 saturated heterocycles. The predicted octanol–water partition coefficient (Wildman–Crippen LogP) is 4.58. The minimum absolute atomic E-state index is 0.123. The van der Waals surface area contributed by atoms with Crippen LogP contribution >= 0.6 is 22.9 Å². The number of carbonyl (C=O) groups is 2. The summed E-state index contributed by atoms with van der Waals surface area (Å²) in [6.45, 7) is 1.89. The van der Waals surface area contributed by atoms with E-state index in [0.29, 0.717) is 11.4 Å². The number of ether oxygens (including phenoxy) is 1. The van der Waals surface area contributed by atoms with E-state index in [0.717, 1.165) is 74.1 Å². The molecule has 0 bridgehead atoms. The van der Waals surface area contributed by atoms with Crippen molar-refractivity contribution in [3.8, 4) is 16.9 Å². The Morgan fingerprint density at radius 1 is 1.14 bits per heavy atom. The molecule has 182 valence electrons. The molecule has 8 nitrogen and oxygen atoms in total. The lowest BCUT2D eigenvalue weighted by molar-refractivity contribution is -0.138. The fraction of sp³-hybridized carbons (Fsp3) is 0.308. The van der Waals surface area contributed by atoms with Crippen molar-refractivity contribution in [2.75, 3.05) is 6.54 Å². The van der Waals surface area contributed by atoms with Gasteiger partial charge in [0.05, 0.1) is 22.5 Å². The van der Waals surface area contributed by atoms with Crippen LogP contribution in [0.4, 0.5) is 0 Å². The number of halogens is 1. The van der Waals surface area contributed by atoms with Gasteiger partial charge in [0, 0.05) is 77.1 Å². The van der Waals surface area contributed by atoms with Crippen molar-refractivity contribution in [3.63, 3.8) is 0 Å². The van der Waals surface area contributed by atoms with Gasteiger partial charge in [0.25, 0.3) is 0 Å². The summed E-state index contributed by atoms with van der Waals surface area (Å²) in [6.07, 6.45) is 3.55. The van der Waals surface area contributed by atoms with Crippen molar-refractivity contribution in [2.45, 2.75) is 44.9 Å². The van der Waals surface area contributed by atoms with Crippen molar-refractivity contribution >= 4 is 45.0 Å². The lowest BCUT2D eigenvalue weighted by Gasteiger charge is -2.15. The van der Waals surface area contributed by atoms with Gasteiger partial charge in [-0.2, -0.15) is 0 Å². The summed E-state index contributed by atoms with van der Waals surface area (Å²) in [5, 5.41) is 8.29. The summed E-state index contributed by atoms with van der Waals surface area (Å²) < 4.78 is 13.2. The molecule has 1 aromatic carbocycles. The van der Waals surface area contributed by atoms with Crippen molar-refractivity contribution in [1.82, 2.24) is 20.4 Å². The third-order valence-corrected chi connectivity index (χ3v) is 8.41. The van der Waals surface area contributed by atoms with E-state index in [1.54, 1.807) is 6.20 Å². The summed E-state index contributed by atoms with van der Waals surface area (Å²) >= 11 is 8.11. The zero-order chi connectivity index (χ0) is 24.4. The number of amides is 2. The molecule has 2 amide bonds. The standard InChI is InChI=1S/C26H21ClN4O4S/c27-14-7-13-8-21(25-18-11-28-5-4-19(18)30-35-25)34-24(13)17(9-14)16-3-6-29-20-10-15(36-26(16)20)12-31-22(32)1-2-23(31)33/h3,6-7,9-10,21,28H,1-2,4-5,8,11-12H2/t21-/m1/s1. The fourth-order valence-electron chi connectivity index (χ4n) is 5.32. The second-order valence-corrected chi connectivity index (χ2v) is 10.9. The summed E-state index contributed by atoms with van der Waals surface area (Å²) in [5.41, 5.74) is 5.76. The van der Waals surface area contributed by atoms with E-state index in [9.17, 15) is 9.59 Å². The molecule has 7 rings (SSSR count). The molecule has 3 aliphatic rings. The molecule has 3 aliphatic heterocycles. The van der Waals surface area contributed by atoms with Crippen LogP contribution in [-0.2, 0) is 35.5 Å². The zero-order valence-electron chi connectivity index (χ0n) is 19.2. The van der Waals surface area contributed by atoms with Gasteiger partial charge in [-0.3, -0.25) is 19.5 Å². The van der Waals surface area contributed by atoms with Crippen LogP contribution < -0.4 is 10.1 Å².